The summed E-state index contributed by atoms with van der Waals surface area (Å²) in [6, 6.07) is 10.1. The van der Waals surface area contributed by atoms with E-state index in [0.717, 1.165) is 22.6 Å². The van der Waals surface area contributed by atoms with Crippen LogP contribution in [-0.2, 0) is 11.0 Å². The van der Waals surface area contributed by atoms with Crippen LogP contribution in [0.2, 0.25) is 0 Å². The molecule has 0 fully saturated rings. The Bertz CT molecular complexity index is 1080. The Morgan fingerprint density at radius 1 is 1.16 bits per heavy atom. The van der Waals surface area contributed by atoms with Crippen molar-refractivity contribution in [1.29, 1.82) is 0 Å². The molecule has 0 saturated heterocycles. The van der Waals surface area contributed by atoms with Gasteiger partial charge in [-0.05, 0) is 68.8 Å². The molecule has 2 aromatic carbocycles. The topological polar surface area (TPSA) is 77.2 Å². The van der Waals surface area contributed by atoms with E-state index in [2.05, 4.69) is 10.2 Å². The third-order valence-corrected chi connectivity index (χ3v) is 5.54. The molecule has 164 valence electrons. The molecule has 6 nitrogen and oxygen atoms in total. The van der Waals surface area contributed by atoms with Crippen LogP contribution in [0.5, 0.6) is 5.75 Å². The second-order valence-electron chi connectivity index (χ2n) is 6.87. The van der Waals surface area contributed by atoms with Crippen molar-refractivity contribution < 1.29 is 27.8 Å². The summed E-state index contributed by atoms with van der Waals surface area (Å²) < 4.78 is 43.5. The Labute approximate surface area is 181 Å². The zero-order valence-corrected chi connectivity index (χ0v) is 17.8. The van der Waals surface area contributed by atoms with Crippen molar-refractivity contribution in [2.45, 2.75) is 37.1 Å². The standard InChI is InChI=1S/C21H20F3N3O3S/c1-12-10-17(8-9-18(12)30-11-19(28)29)31-14(3)20-13(2)25-27(26-20)16-6-4-15(5-7-16)21(22,23)24/h4-10,14H,11H2,1-3H3,(H,28,29)/t14-/m0/s1. The van der Waals surface area contributed by atoms with Gasteiger partial charge in [-0.15, -0.1) is 11.8 Å². The SMILES string of the molecule is Cc1cc(S[C@@H](C)c2nn(-c3ccc(C(F)(F)F)cc3)nc2C)ccc1OCC(=O)O. The summed E-state index contributed by atoms with van der Waals surface area (Å²) in [5, 5.41) is 17.5. The van der Waals surface area contributed by atoms with Gasteiger partial charge in [0.15, 0.2) is 6.61 Å². The lowest BCUT2D eigenvalue weighted by atomic mass is 10.2. The first-order chi connectivity index (χ1) is 14.5. The van der Waals surface area contributed by atoms with Crippen molar-refractivity contribution in [3.63, 3.8) is 0 Å². The fraction of sp³-hybridized carbons (Fsp3) is 0.286. The highest BCUT2D eigenvalue weighted by Gasteiger charge is 2.30. The van der Waals surface area contributed by atoms with Crippen LogP contribution in [0, 0.1) is 13.8 Å². The largest absolute Gasteiger partial charge is 0.482 e. The summed E-state index contributed by atoms with van der Waals surface area (Å²) in [6.45, 7) is 5.19. The molecule has 0 spiro atoms. The van der Waals surface area contributed by atoms with Gasteiger partial charge >= 0.3 is 12.1 Å². The van der Waals surface area contributed by atoms with E-state index in [1.165, 1.54) is 28.7 Å². The first-order valence-electron chi connectivity index (χ1n) is 9.28. The molecule has 3 rings (SSSR count). The van der Waals surface area contributed by atoms with E-state index in [1.807, 2.05) is 26.0 Å². The number of hydrogen-bond acceptors (Lipinski definition) is 5. The van der Waals surface area contributed by atoms with E-state index in [-0.39, 0.29) is 5.25 Å². The number of nitrogens with zero attached hydrogens (tertiary/aromatic N) is 3. The molecular weight excluding hydrogens is 431 g/mol. The van der Waals surface area contributed by atoms with Gasteiger partial charge in [0.25, 0.3) is 0 Å². The highest BCUT2D eigenvalue weighted by atomic mass is 32.2. The lowest BCUT2D eigenvalue weighted by molar-refractivity contribution is -0.139. The molecule has 10 heteroatoms. The van der Waals surface area contributed by atoms with Crippen LogP contribution in [0.4, 0.5) is 13.2 Å². The lowest BCUT2D eigenvalue weighted by Crippen LogP contribution is -2.10. The maximum Gasteiger partial charge on any atom is 0.416 e. The van der Waals surface area contributed by atoms with Crippen LogP contribution < -0.4 is 4.74 Å². The van der Waals surface area contributed by atoms with Crippen LogP contribution in [0.1, 0.15) is 34.7 Å². The van der Waals surface area contributed by atoms with Crippen molar-refractivity contribution in [2.24, 2.45) is 0 Å². The molecule has 0 radical (unpaired) electrons. The van der Waals surface area contributed by atoms with Gasteiger partial charge in [-0.3, -0.25) is 0 Å². The van der Waals surface area contributed by atoms with Crippen molar-refractivity contribution in [2.75, 3.05) is 6.61 Å². The number of carbonyl (C=O) groups is 1. The number of thioether (sulfide) groups is 1. The fourth-order valence-electron chi connectivity index (χ4n) is 2.92. The third-order valence-electron chi connectivity index (χ3n) is 4.44. The monoisotopic (exact) mass is 451 g/mol. The zero-order valence-electron chi connectivity index (χ0n) is 17.0. The van der Waals surface area contributed by atoms with Crippen LogP contribution in [0.15, 0.2) is 47.4 Å². The molecule has 31 heavy (non-hydrogen) atoms. The molecule has 0 amide bonds. The number of halogens is 3. The van der Waals surface area contributed by atoms with Gasteiger partial charge in [0.2, 0.25) is 0 Å². The molecule has 1 atom stereocenters. The van der Waals surface area contributed by atoms with Gasteiger partial charge in [0, 0.05) is 4.90 Å². The smallest absolute Gasteiger partial charge is 0.416 e. The first-order valence-corrected chi connectivity index (χ1v) is 10.2. The van der Waals surface area contributed by atoms with Gasteiger partial charge in [0.05, 0.1) is 27.9 Å². The van der Waals surface area contributed by atoms with Gasteiger partial charge in [0.1, 0.15) is 5.75 Å². The number of hydrogen-bond donors (Lipinski definition) is 1. The number of alkyl halides is 3. The van der Waals surface area contributed by atoms with E-state index in [9.17, 15) is 18.0 Å². The van der Waals surface area contributed by atoms with Crippen molar-refractivity contribution >= 4 is 17.7 Å². The van der Waals surface area contributed by atoms with Gasteiger partial charge in [-0.2, -0.15) is 28.2 Å². The summed E-state index contributed by atoms with van der Waals surface area (Å²) in [5.74, 6) is -0.540. The number of rotatable bonds is 7. The predicted octanol–water partition coefficient (Wildman–Crippen LogP) is 5.22. The minimum absolute atomic E-state index is 0.0756. The van der Waals surface area contributed by atoms with Gasteiger partial charge in [-0.1, -0.05) is 0 Å². The molecule has 0 unspecified atom stereocenters. The number of ether oxygens (including phenoxy) is 1. The molecule has 0 bridgehead atoms. The Kier molecular flexibility index (Phi) is 6.59. The Morgan fingerprint density at radius 3 is 2.42 bits per heavy atom. The fourth-order valence-corrected chi connectivity index (χ4v) is 4.05. The molecular formula is C21H20F3N3O3S. The summed E-state index contributed by atoms with van der Waals surface area (Å²) in [5.41, 5.74) is 1.92. The minimum Gasteiger partial charge on any atom is -0.482 e. The maximum atomic E-state index is 12.8. The molecule has 0 saturated carbocycles. The highest BCUT2D eigenvalue weighted by molar-refractivity contribution is 7.99. The number of aliphatic carboxylic acids is 1. The van der Waals surface area contributed by atoms with E-state index in [4.69, 9.17) is 9.84 Å². The molecule has 1 N–H and O–H groups in total. The van der Waals surface area contributed by atoms with Gasteiger partial charge in [-0.25, -0.2) is 4.79 Å². The number of aryl methyl sites for hydroxylation is 2. The lowest BCUT2D eigenvalue weighted by Gasteiger charge is -2.12. The molecule has 0 aliphatic carbocycles. The normalized spacial score (nSPS) is 12.6. The summed E-state index contributed by atoms with van der Waals surface area (Å²) in [4.78, 5) is 12.9. The number of aromatic nitrogens is 3. The van der Waals surface area contributed by atoms with E-state index in [1.54, 1.807) is 13.0 Å². The quantitative estimate of drug-likeness (QED) is 0.497. The summed E-state index contributed by atoms with van der Waals surface area (Å²) in [6.07, 6.45) is -4.39. The minimum atomic E-state index is -4.39. The van der Waals surface area contributed by atoms with Crippen LogP contribution in [0.3, 0.4) is 0 Å². The second kappa shape index (κ2) is 9.01. The maximum absolute atomic E-state index is 12.8. The van der Waals surface area contributed by atoms with E-state index in [0.29, 0.717) is 22.8 Å². The Hall–Kier alpha value is -3.01. The van der Waals surface area contributed by atoms with Crippen LogP contribution in [-0.4, -0.2) is 32.7 Å². The predicted molar refractivity (Wildman–Crippen MR) is 110 cm³/mol. The molecule has 1 heterocycles. The average molecular weight is 451 g/mol. The third kappa shape index (κ3) is 5.57. The van der Waals surface area contributed by atoms with Crippen LogP contribution >= 0.6 is 11.8 Å². The van der Waals surface area contributed by atoms with Crippen LogP contribution in [0.25, 0.3) is 5.69 Å². The average Bonchev–Trinajstić information content (AvgIpc) is 3.08. The first kappa shape index (κ1) is 22.7. The summed E-state index contributed by atoms with van der Waals surface area (Å²) >= 11 is 1.54. The molecule has 1 aromatic heterocycles. The zero-order chi connectivity index (χ0) is 22.8. The number of carboxylic acids is 1. The van der Waals surface area contributed by atoms with E-state index >= 15 is 0 Å². The second-order valence-corrected chi connectivity index (χ2v) is 8.29. The Balaban J connectivity index is 1.74. The molecule has 0 aliphatic heterocycles. The summed E-state index contributed by atoms with van der Waals surface area (Å²) in [7, 11) is 0. The highest BCUT2D eigenvalue weighted by Crippen LogP contribution is 2.37. The van der Waals surface area contributed by atoms with Crippen molar-refractivity contribution in [3.05, 3.63) is 65.0 Å². The van der Waals surface area contributed by atoms with Gasteiger partial charge < -0.3 is 9.84 Å². The number of carboxylic acid groups (broad SMARTS) is 1. The Morgan fingerprint density at radius 2 is 1.84 bits per heavy atom. The van der Waals surface area contributed by atoms with Crippen molar-refractivity contribution in [1.82, 2.24) is 15.0 Å². The van der Waals surface area contributed by atoms with Crippen molar-refractivity contribution in [3.8, 4) is 11.4 Å². The molecule has 3 aromatic rings. The number of benzene rings is 2. The molecule has 0 aliphatic rings. The van der Waals surface area contributed by atoms with E-state index < -0.39 is 24.3 Å².